The van der Waals surface area contributed by atoms with Crippen LogP contribution in [-0.4, -0.2) is 23.0 Å². The van der Waals surface area contributed by atoms with Crippen molar-refractivity contribution in [3.8, 4) is 0 Å². The summed E-state index contributed by atoms with van der Waals surface area (Å²) in [5, 5.41) is 14.0. The summed E-state index contributed by atoms with van der Waals surface area (Å²) in [6.07, 6.45) is 4.38. The van der Waals surface area contributed by atoms with Gasteiger partial charge in [0.15, 0.2) is 0 Å². The molecule has 1 aliphatic rings. The van der Waals surface area contributed by atoms with E-state index >= 15 is 0 Å². The van der Waals surface area contributed by atoms with E-state index in [0.717, 1.165) is 25.7 Å². The summed E-state index contributed by atoms with van der Waals surface area (Å²) in [4.78, 5) is 23.8. The molecule has 1 aromatic rings. The van der Waals surface area contributed by atoms with Crippen molar-refractivity contribution < 1.29 is 14.7 Å². The van der Waals surface area contributed by atoms with Crippen LogP contribution in [0.3, 0.4) is 0 Å². The molecule has 4 nitrogen and oxygen atoms in total. The Labute approximate surface area is 110 Å². The van der Waals surface area contributed by atoms with Gasteiger partial charge in [-0.05, 0) is 24.3 Å². The van der Waals surface area contributed by atoms with Crippen LogP contribution in [0.4, 0.5) is 0 Å². The molecule has 1 saturated carbocycles. The van der Waals surface area contributed by atoms with Gasteiger partial charge in [-0.2, -0.15) is 0 Å². The van der Waals surface area contributed by atoms with Crippen molar-refractivity contribution >= 4 is 23.2 Å². The maximum Gasteiger partial charge on any atom is 0.308 e. The summed E-state index contributed by atoms with van der Waals surface area (Å²) in [6, 6.07) is 3.34. The average Bonchev–Trinajstić information content (AvgIpc) is 2.77. The maximum atomic E-state index is 12.0. The summed E-state index contributed by atoms with van der Waals surface area (Å²) in [5.41, 5.74) is 0. The van der Waals surface area contributed by atoms with Crippen LogP contribution in [0.2, 0.25) is 0 Å². The van der Waals surface area contributed by atoms with Crippen LogP contribution in [0.1, 0.15) is 41.8 Å². The Kier molecular flexibility index (Phi) is 4.36. The Hall–Kier alpha value is -1.36. The molecule has 1 fully saturated rings. The normalized spacial score (nSPS) is 24.2. The first-order valence-corrected chi connectivity index (χ1v) is 7.13. The van der Waals surface area contributed by atoms with Crippen molar-refractivity contribution in [3.05, 3.63) is 22.4 Å². The van der Waals surface area contributed by atoms with Crippen LogP contribution >= 0.6 is 11.3 Å². The maximum absolute atomic E-state index is 12.0. The fourth-order valence-corrected chi connectivity index (χ4v) is 3.05. The molecule has 2 rings (SSSR count). The van der Waals surface area contributed by atoms with E-state index in [1.54, 1.807) is 6.07 Å². The van der Waals surface area contributed by atoms with Crippen molar-refractivity contribution in [1.82, 2.24) is 5.32 Å². The van der Waals surface area contributed by atoms with E-state index in [1.807, 2.05) is 11.4 Å². The second-order valence-electron chi connectivity index (χ2n) is 4.64. The Bertz CT molecular complexity index is 416. The zero-order chi connectivity index (χ0) is 13.0. The van der Waals surface area contributed by atoms with Crippen molar-refractivity contribution in [1.29, 1.82) is 0 Å². The van der Waals surface area contributed by atoms with Gasteiger partial charge in [0, 0.05) is 6.04 Å². The molecule has 0 spiro atoms. The second kappa shape index (κ2) is 6.00. The first kappa shape index (κ1) is 13.1. The lowest BCUT2D eigenvalue weighted by Crippen LogP contribution is -2.42. The quantitative estimate of drug-likeness (QED) is 0.827. The third kappa shape index (κ3) is 3.10. The molecule has 1 heterocycles. The van der Waals surface area contributed by atoms with E-state index in [2.05, 4.69) is 5.32 Å². The molecule has 0 unspecified atom stereocenters. The van der Waals surface area contributed by atoms with E-state index < -0.39 is 11.9 Å². The first-order valence-electron chi connectivity index (χ1n) is 6.25. The summed E-state index contributed by atoms with van der Waals surface area (Å²) in [6.45, 7) is 0. The molecule has 0 aromatic carbocycles. The van der Waals surface area contributed by atoms with Gasteiger partial charge in [-0.1, -0.05) is 25.3 Å². The van der Waals surface area contributed by atoms with Gasteiger partial charge in [0.25, 0.3) is 5.91 Å². The molecular formula is C13H17NO3S. The second-order valence-corrected chi connectivity index (χ2v) is 5.59. The molecule has 2 N–H and O–H groups in total. The predicted molar refractivity (Wildman–Crippen MR) is 69.8 cm³/mol. The van der Waals surface area contributed by atoms with Crippen molar-refractivity contribution in [2.75, 3.05) is 0 Å². The molecule has 0 bridgehead atoms. The van der Waals surface area contributed by atoms with E-state index in [-0.39, 0.29) is 11.9 Å². The van der Waals surface area contributed by atoms with Crippen LogP contribution in [0.25, 0.3) is 0 Å². The lowest BCUT2D eigenvalue weighted by Gasteiger charge is -2.22. The van der Waals surface area contributed by atoms with Gasteiger partial charge in [-0.25, -0.2) is 0 Å². The molecule has 18 heavy (non-hydrogen) atoms. The molecule has 0 saturated heterocycles. The molecule has 1 aliphatic carbocycles. The topological polar surface area (TPSA) is 66.4 Å². The lowest BCUT2D eigenvalue weighted by atomic mass is 9.95. The fourth-order valence-electron chi connectivity index (χ4n) is 2.42. The van der Waals surface area contributed by atoms with Crippen LogP contribution in [0.15, 0.2) is 17.5 Å². The standard InChI is InChI=1S/C13H17NO3S/c15-12(11-7-4-8-18-11)14-10-6-3-1-2-5-9(10)13(16)17/h4,7-10H,1-3,5-6H2,(H,14,15)(H,16,17)/t9-,10+/m0/s1. The van der Waals surface area contributed by atoms with Gasteiger partial charge in [-0.15, -0.1) is 11.3 Å². The van der Waals surface area contributed by atoms with Gasteiger partial charge < -0.3 is 10.4 Å². The van der Waals surface area contributed by atoms with Gasteiger partial charge in [0.05, 0.1) is 10.8 Å². The van der Waals surface area contributed by atoms with Crippen molar-refractivity contribution in [3.63, 3.8) is 0 Å². The summed E-state index contributed by atoms with van der Waals surface area (Å²) in [7, 11) is 0. The Morgan fingerprint density at radius 2 is 2.06 bits per heavy atom. The molecule has 1 amide bonds. The summed E-state index contributed by atoms with van der Waals surface area (Å²) in [5.74, 6) is -1.40. The molecule has 2 atom stereocenters. The number of amides is 1. The van der Waals surface area contributed by atoms with Crippen LogP contribution in [0.5, 0.6) is 0 Å². The van der Waals surface area contributed by atoms with Crippen molar-refractivity contribution in [2.24, 2.45) is 5.92 Å². The Balaban J connectivity index is 2.04. The third-order valence-corrected chi connectivity index (χ3v) is 4.26. The highest BCUT2D eigenvalue weighted by molar-refractivity contribution is 7.12. The van der Waals surface area contributed by atoms with Crippen LogP contribution < -0.4 is 5.32 Å². The number of hydrogen-bond acceptors (Lipinski definition) is 3. The fraction of sp³-hybridized carbons (Fsp3) is 0.538. The zero-order valence-electron chi connectivity index (χ0n) is 10.1. The minimum Gasteiger partial charge on any atom is -0.481 e. The van der Waals surface area contributed by atoms with Gasteiger partial charge in [-0.3, -0.25) is 9.59 Å². The minimum atomic E-state index is -0.798. The summed E-state index contributed by atoms with van der Waals surface area (Å²) >= 11 is 1.37. The van der Waals surface area contributed by atoms with Gasteiger partial charge in [0.2, 0.25) is 0 Å². The largest absolute Gasteiger partial charge is 0.481 e. The monoisotopic (exact) mass is 267 g/mol. The number of carbonyl (C=O) groups is 2. The van der Waals surface area contributed by atoms with E-state index in [9.17, 15) is 14.7 Å². The smallest absolute Gasteiger partial charge is 0.308 e. The molecular weight excluding hydrogens is 250 g/mol. The van der Waals surface area contributed by atoms with Gasteiger partial charge >= 0.3 is 5.97 Å². The highest BCUT2D eigenvalue weighted by Crippen LogP contribution is 2.24. The van der Waals surface area contributed by atoms with E-state index in [0.29, 0.717) is 11.3 Å². The molecule has 1 aromatic heterocycles. The average molecular weight is 267 g/mol. The molecule has 98 valence electrons. The number of carbonyl (C=O) groups excluding carboxylic acids is 1. The molecule has 0 aliphatic heterocycles. The number of carboxylic acid groups (broad SMARTS) is 1. The predicted octanol–water partition coefficient (Wildman–Crippen LogP) is 2.51. The zero-order valence-corrected chi connectivity index (χ0v) is 10.9. The number of hydrogen-bond donors (Lipinski definition) is 2. The van der Waals surface area contributed by atoms with E-state index in [1.165, 1.54) is 11.3 Å². The molecule has 5 heteroatoms. The van der Waals surface area contributed by atoms with Crippen molar-refractivity contribution in [2.45, 2.75) is 38.1 Å². The van der Waals surface area contributed by atoms with E-state index in [4.69, 9.17) is 0 Å². The van der Waals surface area contributed by atoms with Crippen LogP contribution in [0, 0.1) is 5.92 Å². The Morgan fingerprint density at radius 3 is 2.72 bits per heavy atom. The third-order valence-electron chi connectivity index (χ3n) is 3.39. The highest BCUT2D eigenvalue weighted by Gasteiger charge is 2.30. The SMILES string of the molecule is O=C(N[C@@H]1CCCCC[C@@H]1C(=O)O)c1cccs1. The van der Waals surface area contributed by atoms with Crippen LogP contribution in [-0.2, 0) is 4.79 Å². The number of nitrogens with one attached hydrogen (secondary N) is 1. The Morgan fingerprint density at radius 1 is 1.28 bits per heavy atom. The lowest BCUT2D eigenvalue weighted by molar-refractivity contribution is -0.142. The number of rotatable bonds is 3. The number of aliphatic carboxylic acids is 1. The van der Waals surface area contributed by atoms with Gasteiger partial charge in [0.1, 0.15) is 0 Å². The number of thiophene rings is 1. The molecule has 0 radical (unpaired) electrons. The first-order chi connectivity index (χ1) is 8.68. The summed E-state index contributed by atoms with van der Waals surface area (Å²) < 4.78 is 0. The number of carboxylic acids is 1. The highest BCUT2D eigenvalue weighted by atomic mass is 32.1. The minimum absolute atomic E-state index is 0.150.